The number of aryl methyl sites for hydroxylation is 1. The van der Waals surface area contributed by atoms with Crippen LogP contribution in [0.25, 0.3) is 0 Å². The first-order valence-corrected chi connectivity index (χ1v) is 5.50. The van der Waals surface area contributed by atoms with Gasteiger partial charge in [-0.15, -0.1) is 0 Å². The van der Waals surface area contributed by atoms with Gasteiger partial charge in [0.15, 0.2) is 0 Å². The molecule has 0 saturated heterocycles. The molecule has 0 atom stereocenters. The standard InChI is InChI=1S/C11H16BrNO/c1-4-13(3)7-9-6-10(12)5-8(2)11(9)14/h5-6,14H,4,7H2,1-3H3. The minimum atomic E-state index is 0.411. The van der Waals surface area contributed by atoms with Crippen LogP contribution in [0.5, 0.6) is 5.75 Å². The predicted octanol–water partition coefficient (Wildman–Crippen LogP) is 2.91. The van der Waals surface area contributed by atoms with Crippen LogP contribution in [0.4, 0.5) is 0 Å². The zero-order valence-electron chi connectivity index (χ0n) is 8.84. The molecular weight excluding hydrogens is 242 g/mol. The number of aromatic hydroxyl groups is 1. The Morgan fingerprint density at radius 2 is 2.07 bits per heavy atom. The number of hydrogen-bond acceptors (Lipinski definition) is 2. The van der Waals surface area contributed by atoms with E-state index in [0.717, 1.165) is 28.7 Å². The molecule has 1 aromatic rings. The number of benzene rings is 1. The SMILES string of the molecule is CCN(C)Cc1cc(Br)cc(C)c1O. The van der Waals surface area contributed by atoms with Gasteiger partial charge in [-0.05, 0) is 38.2 Å². The second kappa shape index (κ2) is 4.80. The van der Waals surface area contributed by atoms with Gasteiger partial charge in [-0.1, -0.05) is 22.9 Å². The first kappa shape index (κ1) is 11.5. The summed E-state index contributed by atoms with van der Waals surface area (Å²) in [6.45, 7) is 5.77. The Morgan fingerprint density at radius 3 is 2.64 bits per heavy atom. The molecule has 0 aliphatic rings. The van der Waals surface area contributed by atoms with E-state index in [2.05, 4.69) is 27.8 Å². The van der Waals surface area contributed by atoms with Gasteiger partial charge in [0.05, 0.1) is 0 Å². The fourth-order valence-corrected chi connectivity index (χ4v) is 1.95. The van der Waals surface area contributed by atoms with Crippen LogP contribution in [-0.4, -0.2) is 23.6 Å². The maximum absolute atomic E-state index is 9.82. The van der Waals surface area contributed by atoms with Gasteiger partial charge in [0, 0.05) is 16.6 Å². The molecule has 0 radical (unpaired) electrons. The van der Waals surface area contributed by atoms with Crippen LogP contribution in [0, 0.1) is 6.92 Å². The van der Waals surface area contributed by atoms with Crippen molar-refractivity contribution in [2.75, 3.05) is 13.6 Å². The van der Waals surface area contributed by atoms with Crippen molar-refractivity contribution in [3.05, 3.63) is 27.7 Å². The van der Waals surface area contributed by atoms with Crippen molar-refractivity contribution in [1.82, 2.24) is 4.90 Å². The minimum absolute atomic E-state index is 0.411. The molecular formula is C11H16BrNO. The molecule has 1 rings (SSSR count). The van der Waals surface area contributed by atoms with Crippen LogP contribution < -0.4 is 0 Å². The highest BCUT2D eigenvalue weighted by Crippen LogP contribution is 2.27. The van der Waals surface area contributed by atoms with Crippen LogP contribution in [-0.2, 0) is 6.54 Å². The molecule has 0 saturated carbocycles. The lowest BCUT2D eigenvalue weighted by atomic mass is 10.1. The van der Waals surface area contributed by atoms with Crippen molar-refractivity contribution < 1.29 is 5.11 Å². The number of rotatable bonds is 3. The fourth-order valence-electron chi connectivity index (χ4n) is 1.33. The van der Waals surface area contributed by atoms with Crippen LogP contribution in [0.15, 0.2) is 16.6 Å². The number of nitrogens with zero attached hydrogens (tertiary/aromatic N) is 1. The first-order valence-electron chi connectivity index (χ1n) is 4.71. The van der Waals surface area contributed by atoms with E-state index in [1.807, 2.05) is 26.1 Å². The Labute approximate surface area is 93.7 Å². The lowest BCUT2D eigenvalue weighted by Crippen LogP contribution is -2.16. The molecule has 2 nitrogen and oxygen atoms in total. The summed E-state index contributed by atoms with van der Waals surface area (Å²) >= 11 is 3.43. The van der Waals surface area contributed by atoms with Gasteiger partial charge in [-0.25, -0.2) is 0 Å². The normalized spacial score (nSPS) is 10.9. The second-order valence-electron chi connectivity index (χ2n) is 3.56. The maximum Gasteiger partial charge on any atom is 0.123 e. The predicted molar refractivity (Wildman–Crippen MR) is 62.6 cm³/mol. The molecule has 0 fully saturated rings. The Morgan fingerprint density at radius 1 is 1.43 bits per heavy atom. The summed E-state index contributed by atoms with van der Waals surface area (Å²) in [4.78, 5) is 2.15. The number of phenolic OH excluding ortho intramolecular Hbond substituents is 1. The van der Waals surface area contributed by atoms with E-state index >= 15 is 0 Å². The van der Waals surface area contributed by atoms with E-state index in [4.69, 9.17) is 0 Å². The average molecular weight is 258 g/mol. The van der Waals surface area contributed by atoms with Gasteiger partial charge in [-0.2, -0.15) is 0 Å². The van der Waals surface area contributed by atoms with Crippen molar-refractivity contribution in [2.45, 2.75) is 20.4 Å². The Kier molecular flexibility index (Phi) is 3.96. The van der Waals surface area contributed by atoms with E-state index in [1.165, 1.54) is 0 Å². The fraction of sp³-hybridized carbons (Fsp3) is 0.455. The van der Waals surface area contributed by atoms with Crippen molar-refractivity contribution in [3.8, 4) is 5.75 Å². The van der Waals surface area contributed by atoms with Crippen molar-refractivity contribution in [2.24, 2.45) is 0 Å². The minimum Gasteiger partial charge on any atom is -0.507 e. The van der Waals surface area contributed by atoms with Gasteiger partial charge >= 0.3 is 0 Å². The zero-order chi connectivity index (χ0) is 10.7. The topological polar surface area (TPSA) is 23.5 Å². The monoisotopic (exact) mass is 257 g/mol. The van der Waals surface area contributed by atoms with E-state index in [-0.39, 0.29) is 0 Å². The van der Waals surface area contributed by atoms with E-state index in [9.17, 15) is 5.11 Å². The van der Waals surface area contributed by atoms with E-state index in [1.54, 1.807) is 0 Å². The molecule has 1 aromatic carbocycles. The van der Waals surface area contributed by atoms with Gasteiger partial charge in [0.2, 0.25) is 0 Å². The molecule has 14 heavy (non-hydrogen) atoms. The largest absolute Gasteiger partial charge is 0.507 e. The molecule has 0 aliphatic heterocycles. The molecule has 0 aliphatic carbocycles. The zero-order valence-corrected chi connectivity index (χ0v) is 10.4. The third kappa shape index (κ3) is 2.72. The smallest absolute Gasteiger partial charge is 0.123 e. The Balaban J connectivity index is 2.96. The first-order chi connectivity index (χ1) is 6.54. The molecule has 0 bridgehead atoms. The quantitative estimate of drug-likeness (QED) is 0.901. The highest BCUT2D eigenvalue weighted by atomic mass is 79.9. The summed E-state index contributed by atoms with van der Waals surface area (Å²) in [7, 11) is 2.04. The molecule has 3 heteroatoms. The summed E-state index contributed by atoms with van der Waals surface area (Å²) in [6.07, 6.45) is 0. The third-order valence-corrected chi connectivity index (χ3v) is 2.78. The van der Waals surface area contributed by atoms with Crippen LogP contribution in [0.2, 0.25) is 0 Å². The molecule has 78 valence electrons. The summed E-state index contributed by atoms with van der Waals surface area (Å²) in [6, 6.07) is 3.89. The molecule has 1 N–H and O–H groups in total. The molecule has 0 amide bonds. The Hall–Kier alpha value is -0.540. The molecule has 0 spiro atoms. The molecule has 0 heterocycles. The molecule has 0 aromatic heterocycles. The third-order valence-electron chi connectivity index (χ3n) is 2.32. The van der Waals surface area contributed by atoms with E-state index in [0.29, 0.717) is 5.75 Å². The number of hydrogen-bond donors (Lipinski definition) is 1. The highest BCUT2D eigenvalue weighted by molar-refractivity contribution is 9.10. The summed E-state index contributed by atoms with van der Waals surface area (Å²) < 4.78 is 1.02. The van der Waals surface area contributed by atoms with Gasteiger partial charge in [0.25, 0.3) is 0 Å². The van der Waals surface area contributed by atoms with Gasteiger partial charge < -0.3 is 10.0 Å². The summed E-state index contributed by atoms with van der Waals surface area (Å²) in [5.41, 5.74) is 1.89. The second-order valence-corrected chi connectivity index (χ2v) is 4.48. The van der Waals surface area contributed by atoms with Crippen LogP contribution >= 0.6 is 15.9 Å². The summed E-state index contributed by atoms with van der Waals surface area (Å²) in [5, 5.41) is 9.82. The van der Waals surface area contributed by atoms with Crippen LogP contribution in [0.3, 0.4) is 0 Å². The molecule has 0 unspecified atom stereocenters. The summed E-state index contributed by atoms with van der Waals surface area (Å²) in [5.74, 6) is 0.411. The highest BCUT2D eigenvalue weighted by Gasteiger charge is 2.07. The lowest BCUT2D eigenvalue weighted by molar-refractivity contribution is 0.337. The van der Waals surface area contributed by atoms with Crippen molar-refractivity contribution in [1.29, 1.82) is 0 Å². The van der Waals surface area contributed by atoms with Crippen molar-refractivity contribution in [3.63, 3.8) is 0 Å². The maximum atomic E-state index is 9.82. The van der Waals surface area contributed by atoms with Crippen LogP contribution in [0.1, 0.15) is 18.1 Å². The Bertz CT molecular complexity index is 325. The van der Waals surface area contributed by atoms with Crippen molar-refractivity contribution >= 4 is 15.9 Å². The lowest BCUT2D eigenvalue weighted by Gasteiger charge is -2.16. The number of phenols is 1. The van der Waals surface area contributed by atoms with Gasteiger partial charge in [0.1, 0.15) is 5.75 Å². The van der Waals surface area contributed by atoms with E-state index < -0.39 is 0 Å². The van der Waals surface area contributed by atoms with Gasteiger partial charge in [-0.3, -0.25) is 0 Å². The number of halogens is 1. The average Bonchev–Trinajstić information content (AvgIpc) is 2.13.